The molecule has 1 aromatic carbocycles. The van der Waals surface area contributed by atoms with E-state index in [-0.39, 0.29) is 5.60 Å². The summed E-state index contributed by atoms with van der Waals surface area (Å²) in [6, 6.07) is 10.5. The zero-order valence-corrected chi connectivity index (χ0v) is 10.0. The summed E-state index contributed by atoms with van der Waals surface area (Å²) >= 11 is 0. The van der Waals surface area contributed by atoms with Gasteiger partial charge in [-0.2, -0.15) is 0 Å². The molecule has 1 saturated heterocycles. The van der Waals surface area contributed by atoms with Crippen LogP contribution in [0.15, 0.2) is 30.3 Å². The van der Waals surface area contributed by atoms with Crippen LogP contribution in [0, 0.1) is 0 Å². The van der Waals surface area contributed by atoms with Crippen molar-refractivity contribution in [3.8, 4) is 0 Å². The predicted octanol–water partition coefficient (Wildman–Crippen LogP) is 2.39. The van der Waals surface area contributed by atoms with Crippen molar-refractivity contribution in [1.29, 1.82) is 0 Å². The van der Waals surface area contributed by atoms with E-state index < -0.39 is 0 Å². The summed E-state index contributed by atoms with van der Waals surface area (Å²) in [6.45, 7) is 5.24. The number of hydrogen-bond acceptors (Lipinski definition) is 2. The number of piperidine rings is 1. The summed E-state index contributed by atoms with van der Waals surface area (Å²) < 4.78 is 6.03. The van der Waals surface area contributed by atoms with E-state index in [1.807, 2.05) is 0 Å². The van der Waals surface area contributed by atoms with Gasteiger partial charge in [0.2, 0.25) is 0 Å². The lowest BCUT2D eigenvalue weighted by Gasteiger charge is -2.34. The number of ether oxygens (including phenoxy) is 1. The summed E-state index contributed by atoms with van der Waals surface area (Å²) in [5.74, 6) is 0. The summed E-state index contributed by atoms with van der Waals surface area (Å²) in [5.41, 5.74) is 1.46. The average molecular weight is 219 g/mol. The quantitative estimate of drug-likeness (QED) is 0.839. The van der Waals surface area contributed by atoms with E-state index in [9.17, 15) is 0 Å². The van der Waals surface area contributed by atoms with Crippen molar-refractivity contribution in [3.05, 3.63) is 35.9 Å². The molecule has 1 heterocycles. The number of nitrogens with one attached hydrogen (secondary N) is 1. The van der Waals surface area contributed by atoms with Crippen molar-refractivity contribution in [2.45, 2.75) is 31.8 Å². The van der Waals surface area contributed by atoms with Crippen LogP contribution in [0.1, 0.15) is 25.3 Å². The van der Waals surface area contributed by atoms with Gasteiger partial charge in [-0.3, -0.25) is 0 Å². The van der Waals surface area contributed by atoms with Crippen molar-refractivity contribution in [1.82, 2.24) is 5.32 Å². The van der Waals surface area contributed by atoms with Crippen molar-refractivity contribution in [2.24, 2.45) is 0 Å². The molecule has 0 radical (unpaired) electrons. The Balaban J connectivity index is 1.75. The second kappa shape index (κ2) is 5.46. The minimum absolute atomic E-state index is 0.0973. The first kappa shape index (κ1) is 11.6. The Kier molecular flexibility index (Phi) is 3.97. The van der Waals surface area contributed by atoms with E-state index >= 15 is 0 Å². The minimum Gasteiger partial charge on any atom is -0.375 e. The molecule has 2 heteroatoms. The fourth-order valence-electron chi connectivity index (χ4n) is 2.16. The van der Waals surface area contributed by atoms with Gasteiger partial charge in [0.1, 0.15) is 0 Å². The first-order valence-corrected chi connectivity index (χ1v) is 6.17. The smallest absolute Gasteiger partial charge is 0.0678 e. The molecule has 0 bridgehead atoms. The maximum Gasteiger partial charge on any atom is 0.0678 e. The van der Waals surface area contributed by atoms with Gasteiger partial charge in [0.25, 0.3) is 0 Å². The largest absolute Gasteiger partial charge is 0.375 e. The molecular weight excluding hydrogens is 198 g/mol. The van der Waals surface area contributed by atoms with Gasteiger partial charge in [-0.05, 0) is 44.8 Å². The first-order chi connectivity index (χ1) is 7.79. The normalized spacial score (nSPS) is 19.6. The zero-order valence-electron chi connectivity index (χ0n) is 10.0. The number of hydrogen-bond donors (Lipinski definition) is 1. The Morgan fingerprint density at radius 1 is 1.19 bits per heavy atom. The lowest BCUT2D eigenvalue weighted by atomic mass is 9.94. The lowest BCUT2D eigenvalue weighted by molar-refractivity contribution is -0.0501. The van der Waals surface area contributed by atoms with Crippen LogP contribution in [0.3, 0.4) is 0 Å². The van der Waals surface area contributed by atoms with Gasteiger partial charge in [-0.15, -0.1) is 0 Å². The van der Waals surface area contributed by atoms with Crippen LogP contribution in [-0.4, -0.2) is 25.3 Å². The highest BCUT2D eigenvalue weighted by Crippen LogP contribution is 2.22. The van der Waals surface area contributed by atoms with Crippen molar-refractivity contribution < 1.29 is 4.74 Å². The molecule has 88 valence electrons. The van der Waals surface area contributed by atoms with Gasteiger partial charge in [0.15, 0.2) is 0 Å². The van der Waals surface area contributed by atoms with Crippen molar-refractivity contribution in [2.75, 3.05) is 19.7 Å². The molecule has 0 aromatic heterocycles. The van der Waals surface area contributed by atoms with Gasteiger partial charge in [-0.25, -0.2) is 0 Å². The zero-order chi connectivity index (χ0) is 11.3. The van der Waals surface area contributed by atoms with Crippen LogP contribution in [0.2, 0.25) is 0 Å². The highest BCUT2D eigenvalue weighted by molar-refractivity contribution is 5.14. The standard InChI is InChI=1S/C14H21NO/c1-14(8-10-15-11-9-14)16-12-7-13-5-3-2-4-6-13/h2-6,15H,7-12H2,1H3. The van der Waals surface area contributed by atoms with Gasteiger partial charge in [-0.1, -0.05) is 30.3 Å². The Bertz CT molecular complexity index is 304. The number of rotatable bonds is 4. The summed E-state index contributed by atoms with van der Waals surface area (Å²) in [4.78, 5) is 0. The fourth-order valence-corrected chi connectivity index (χ4v) is 2.16. The predicted molar refractivity (Wildman–Crippen MR) is 66.6 cm³/mol. The number of benzene rings is 1. The third kappa shape index (κ3) is 3.32. The van der Waals surface area contributed by atoms with Crippen molar-refractivity contribution >= 4 is 0 Å². The molecule has 0 aliphatic carbocycles. The van der Waals surface area contributed by atoms with E-state index in [4.69, 9.17) is 4.74 Å². The Morgan fingerprint density at radius 3 is 2.56 bits per heavy atom. The Morgan fingerprint density at radius 2 is 1.88 bits per heavy atom. The minimum atomic E-state index is 0.0973. The van der Waals surface area contributed by atoms with E-state index in [0.717, 1.165) is 39.0 Å². The Labute approximate surface area is 98.0 Å². The maximum absolute atomic E-state index is 6.03. The Hall–Kier alpha value is -0.860. The summed E-state index contributed by atoms with van der Waals surface area (Å²) in [7, 11) is 0. The average Bonchev–Trinajstić information content (AvgIpc) is 2.31. The van der Waals surface area contributed by atoms with Crippen LogP contribution < -0.4 is 5.32 Å². The molecule has 1 fully saturated rings. The van der Waals surface area contributed by atoms with E-state index in [1.165, 1.54) is 5.56 Å². The van der Waals surface area contributed by atoms with Gasteiger partial charge >= 0.3 is 0 Å². The van der Waals surface area contributed by atoms with Crippen molar-refractivity contribution in [3.63, 3.8) is 0 Å². The highest BCUT2D eigenvalue weighted by Gasteiger charge is 2.26. The first-order valence-electron chi connectivity index (χ1n) is 6.17. The molecule has 2 nitrogen and oxygen atoms in total. The summed E-state index contributed by atoms with van der Waals surface area (Å²) in [5, 5.41) is 3.37. The molecule has 0 saturated carbocycles. The molecule has 1 aromatic rings. The molecule has 1 N–H and O–H groups in total. The van der Waals surface area contributed by atoms with E-state index in [1.54, 1.807) is 0 Å². The van der Waals surface area contributed by atoms with Gasteiger partial charge in [0.05, 0.1) is 12.2 Å². The molecule has 1 aliphatic rings. The third-order valence-electron chi connectivity index (χ3n) is 3.35. The monoisotopic (exact) mass is 219 g/mol. The maximum atomic E-state index is 6.03. The fraction of sp³-hybridized carbons (Fsp3) is 0.571. The molecule has 16 heavy (non-hydrogen) atoms. The van der Waals surface area contributed by atoms with Crippen LogP contribution in [0.5, 0.6) is 0 Å². The molecule has 2 rings (SSSR count). The highest BCUT2D eigenvalue weighted by atomic mass is 16.5. The van der Waals surface area contributed by atoms with Crippen LogP contribution in [0.4, 0.5) is 0 Å². The van der Waals surface area contributed by atoms with E-state index in [0.29, 0.717) is 0 Å². The molecule has 1 aliphatic heterocycles. The lowest BCUT2D eigenvalue weighted by Crippen LogP contribution is -2.42. The molecule has 0 amide bonds. The van der Waals surface area contributed by atoms with Crippen LogP contribution >= 0.6 is 0 Å². The third-order valence-corrected chi connectivity index (χ3v) is 3.35. The SMILES string of the molecule is CC1(OCCc2ccccc2)CCNCC1. The molecule has 0 unspecified atom stereocenters. The van der Waals surface area contributed by atoms with E-state index in [2.05, 4.69) is 42.6 Å². The van der Waals surface area contributed by atoms with Gasteiger partial charge < -0.3 is 10.1 Å². The molecular formula is C14H21NO. The van der Waals surface area contributed by atoms with Crippen LogP contribution in [-0.2, 0) is 11.2 Å². The van der Waals surface area contributed by atoms with Crippen LogP contribution in [0.25, 0.3) is 0 Å². The second-order valence-electron chi connectivity index (χ2n) is 4.78. The summed E-state index contributed by atoms with van der Waals surface area (Å²) in [6.07, 6.45) is 3.27. The molecule has 0 spiro atoms. The molecule has 0 atom stereocenters. The topological polar surface area (TPSA) is 21.3 Å². The second-order valence-corrected chi connectivity index (χ2v) is 4.78. The van der Waals surface area contributed by atoms with Gasteiger partial charge in [0, 0.05) is 0 Å².